The van der Waals surface area contributed by atoms with E-state index in [0.29, 0.717) is 28.8 Å². The maximum absolute atomic E-state index is 12.8. The molecular weight excluding hydrogens is 368 g/mol. The molecule has 7 nitrogen and oxygen atoms in total. The van der Waals surface area contributed by atoms with Gasteiger partial charge < -0.3 is 20.1 Å². The first-order valence-corrected chi connectivity index (χ1v) is 9.28. The average molecular weight is 392 g/mol. The molecule has 29 heavy (non-hydrogen) atoms. The second-order valence-corrected chi connectivity index (χ2v) is 6.37. The SMILES string of the molecule is CCc1ccccc1NC(=O)c1cc(C)nc(Nc2ccc(OC)cc2OC)n1. The van der Waals surface area contributed by atoms with Crippen LogP contribution in [-0.2, 0) is 6.42 Å². The lowest BCUT2D eigenvalue weighted by Crippen LogP contribution is -2.16. The minimum atomic E-state index is -0.291. The standard InChI is InChI=1S/C22H24N4O3/c1-5-15-8-6-7-9-17(15)24-21(27)19-12-14(2)23-22(26-19)25-18-11-10-16(28-3)13-20(18)29-4/h6-13H,5H2,1-4H3,(H,24,27)(H,23,25,26). The molecule has 3 aromatic rings. The summed E-state index contributed by atoms with van der Waals surface area (Å²) < 4.78 is 10.6. The fourth-order valence-corrected chi connectivity index (χ4v) is 2.90. The Morgan fingerprint density at radius 2 is 1.79 bits per heavy atom. The molecule has 1 heterocycles. The van der Waals surface area contributed by atoms with Crippen LogP contribution in [0.2, 0.25) is 0 Å². The summed E-state index contributed by atoms with van der Waals surface area (Å²) in [6.07, 6.45) is 0.823. The van der Waals surface area contributed by atoms with Crippen LogP contribution in [0.1, 0.15) is 28.7 Å². The Labute approximate surface area is 170 Å². The van der Waals surface area contributed by atoms with Gasteiger partial charge in [-0.25, -0.2) is 9.97 Å². The van der Waals surface area contributed by atoms with E-state index in [2.05, 4.69) is 20.6 Å². The summed E-state index contributed by atoms with van der Waals surface area (Å²) in [6.45, 7) is 3.86. The molecule has 0 bridgehead atoms. The molecule has 2 N–H and O–H groups in total. The van der Waals surface area contributed by atoms with Crippen LogP contribution in [-0.4, -0.2) is 30.1 Å². The van der Waals surface area contributed by atoms with E-state index < -0.39 is 0 Å². The molecular formula is C22H24N4O3. The highest BCUT2D eigenvalue weighted by Crippen LogP contribution is 2.30. The molecule has 2 aromatic carbocycles. The van der Waals surface area contributed by atoms with E-state index in [1.54, 1.807) is 38.5 Å². The lowest BCUT2D eigenvalue weighted by molar-refractivity contribution is 0.102. The zero-order chi connectivity index (χ0) is 20.8. The van der Waals surface area contributed by atoms with Gasteiger partial charge in [-0.1, -0.05) is 25.1 Å². The van der Waals surface area contributed by atoms with Gasteiger partial charge in [0.1, 0.15) is 17.2 Å². The van der Waals surface area contributed by atoms with Crippen LogP contribution in [0.5, 0.6) is 11.5 Å². The molecule has 0 saturated heterocycles. The van der Waals surface area contributed by atoms with Gasteiger partial charge in [-0.3, -0.25) is 4.79 Å². The van der Waals surface area contributed by atoms with Crippen molar-refractivity contribution in [3.8, 4) is 11.5 Å². The average Bonchev–Trinajstić information content (AvgIpc) is 2.74. The molecule has 7 heteroatoms. The first-order valence-electron chi connectivity index (χ1n) is 9.28. The maximum Gasteiger partial charge on any atom is 0.274 e. The molecule has 0 atom stereocenters. The quantitative estimate of drug-likeness (QED) is 0.621. The summed E-state index contributed by atoms with van der Waals surface area (Å²) >= 11 is 0. The molecule has 0 unspecified atom stereocenters. The van der Waals surface area contributed by atoms with E-state index >= 15 is 0 Å². The minimum absolute atomic E-state index is 0.276. The Balaban J connectivity index is 1.86. The van der Waals surface area contributed by atoms with Gasteiger partial charge in [0.05, 0.1) is 19.9 Å². The maximum atomic E-state index is 12.8. The number of amides is 1. The zero-order valence-electron chi connectivity index (χ0n) is 16.9. The van der Waals surface area contributed by atoms with E-state index in [4.69, 9.17) is 9.47 Å². The third-order valence-electron chi connectivity index (χ3n) is 4.39. The van der Waals surface area contributed by atoms with Crippen LogP contribution in [0.25, 0.3) is 0 Å². The third kappa shape index (κ3) is 4.82. The fraction of sp³-hybridized carbons (Fsp3) is 0.227. The normalized spacial score (nSPS) is 10.3. The van der Waals surface area contributed by atoms with E-state index in [0.717, 1.165) is 17.7 Å². The Bertz CT molecular complexity index is 1020. The molecule has 1 aromatic heterocycles. The molecule has 0 aliphatic heterocycles. The number of rotatable bonds is 7. The number of carbonyl (C=O) groups is 1. The Morgan fingerprint density at radius 3 is 2.52 bits per heavy atom. The van der Waals surface area contributed by atoms with Gasteiger partial charge in [0.25, 0.3) is 5.91 Å². The predicted octanol–water partition coefficient (Wildman–Crippen LogP) is 4.36. The van der Waals surface area contributed by atoms with Crippen molar-refractivity contribution in [2.45, 2.75) is 20.3 Å². The lowest BCUT2D eigenvalue weighted by atomic mass is 10.1. The number of methoxy groups -OCH3 is 2. The molecule has 0 radical (unpaired) electrons. The van der Waals surface area contributed by atoms with Gasteiger partial charge in [0, 0.05) is 17.4 Å². The van der Waals surface area contributed by atoms with Crippen molar-refractivity contribution in [2.75, 3.05) is 24.9 Å². The summed E-state index contributed by atoms with van der Waals surface area (Å²) in [7, 11) is 3.16. The number of para-hydroxylation sites is 1. The van der Waals surface area contributed by atoms with Crippen LogP contribution in [0.15, 0.2) is 48.5 Å². The van der Waals surface area contributed by atoms with Gasteiger partial charge in [0.15, 0.2) is 0 Å². The number of nitrogens with one attached hydrogen (secondary N) is 2. The number of ether oxygens (including phenoxy) is 2. The Hall–Kier alpha value is -3.61. The van der Waals surface area contributed by atoms with Gasteiger partial charge >= 0.3 is 0 Å². The molecule has 1 amide bonds. The van der Waals surface area contributed by atoms with Gasteiger partial charge in [-0.2, -0.15) is 0 Å². The van der Waals surface area contributed by atoms with Gasteiger partial charge in [0.2, 0.25) is 5.95 Å². The minimum Gasteiger partial charge on any atom is -0.497 e. The number of anilines is 3. The zero-order valence-corrected chi connectivity index (χ0v) is 16.9. The molecule has 0 aliphatic carbocycles. The van der Waals surface area contributed by atoms with Crippen molar-refractivity contribution < 1.29 is 14.3 Å². The van der Waals surface area contributed by atoms with E-state index in [9.17, 15) is 4.79 Å². The van der Waals surface area contributed by atoms with Crippen LogP contribution >= 0.6 is 0 Å². The van der Waals surface area contributed by atoms with Crippen LogP contribution in [0, 0.1) is 6.92 Å². The lowest BCUT2D eigenvalue weighted by Gasteiger charge is -2.13. The highest BCUT2D eigenvalue weighted by molar-refractivity contribution is 6.03. The second-order valence-electron chi connectivity index (χ2n) is 6.37. The summed E-state index contributed by atoms with van der Waals surface area (Å²) in [5.41, 5.74) is 3.46. The largest absolute Gasteiger partial charge is 0.497 e. The number of aryl methyl sites for hydroxylation is 2. The van der Waals surface area contributed by atoms with Crippen LogP contribution in [0.4, 0.5) is 17.3 Å². The third-order valence-corrected chi connectivity index (χ3v) is 4.39. The number of carbonyl (C=O) groups excluding carboxylic acids is 1. The van der Waals surface area contributed by atoms with Crippen molar-refractivity contribution in [1.82, 2.24) is 9.97 Å². The molecule has 0 fully saturated rings. The monoisotopic (exact) mass is 392 g/mol. The number of aromatic nitrogens is 2. The molecule has 150 valence electrons. The van der Waals surface area contributed by atoms with E-state index in [-0.39, 0.29) is 11.6 Å². The van der Waals surface area contributed by atoms with E-state index in [1.165, 1.54) is 0 Å². The van der Waals surface area contributed by atoms with Crippen molar-refractivity contribution in [1.29, 1.82) is 0 Å². The first-order chi connectivity index (χ1) is 14.0. The Morgan fingerprint density at radius 1 is 1.00 bits per heavy atom. The second kappa shape index (κ2) is 9.05. The number of hydrogen-bond acceptors (Lipinski definition) is 6. The topological polar surface area (TPSA) is 85.4 Å². The highest BCUT2D eigenvalue weighted by atomic mass is 16.5. The predicted molar refractivity (Wildman–Crippen MR) is 113 cm³/mol. The summed E-state index contributed by atoms with van der Waals surface area (Å²) in [6, 6.07) is 14.7. The highest BCUT2D eigenvalue weighted by Gasteiger charge is 2.14. The molecule has 0 spiro atoms. The number of hydrogen-bond donors (Lipinski definition) is 2. The van der Waals surface area contributed by atoms with Crippen molar-refractivity contribution in [3.63, 3.8) is 0 Å². The van der Waals surface area contributed by atoms with Crippen molar-refractivity contribution in [2.24, 2.45) is 0 Å². The molecule has 0 aliphatic rings. The smallest absolute Gasteiger partial charge is 0.274 e. The summed E-state index contributed by atoms with van der Waals surface area (Å²) in [4.78, 5) is 21.5. The molecule has 0 saturated carbocycles. The fourth-order valence-electron chi connectivity index (χ4n) is 2.90. The van der Waals surface area contributed by atoms with Crippen molar-refractivity contribution >= 4 is 23.2 Å². The van der Waals surface area contributed by atoms with Gasteiger partial charge in [-0.05, 0) is 43.2 Å². The summed E-state index contributed by atoms with van der Waals surface area (Å²) in [5, 5.41) is 6.05. The number of benzene rings is 2. The first kappa shape index (κ1) is 20.1. The number of nitrogens with zero attached hydrogens (tertiary/aromatic N) is 2. The van der Waals surface area contributed by atoms with Crippen LogP contribution < -0.4 is 20.1 Å². The van der Waals surface area contributed by atoms with Gasteiger partial charge in [-0.15, -0.1) is 0 Å². The molecule has 3 rings (SSSR count). The van der Waals surface area contributed by atoms with Crippen molar-refractivity contribution in [3.05, 3.63) is 65.5 Å². The summed E-state index contributed by atoms with van der Waals surface area (Å²) in [5.74, 6) is 1.27. The van der Waals surface area contributed by atoms with E-state index in [1.807, 2.05) is 38.1 Å². The van der Waals surface area contributed by atoms with Crippen LogP contribution in [0.3, 0.4) is 0 Å². The Kier molecular flexibility index (Phi) is 6.29.